The van der Waals surface area contributed by atoms with Crippen molar-refractivity contribution in [2.75, 3.05) is 7.11 Å². The Hall–Kier alpha value is -2.27. The van der Waals surface area contributed by atoms with E-state index in [4.69, 9.17) is 4.74 Å². The van der Waals surface area contributed by atoms with E-state index in [1.807, 2.05) is 49.4 Å². The van der Waals surface area contributed by atoms with Gasteiger partial charge in [-0.3, -0.25) is 4.79 Å². The van der Waals surface area contributed by atoms with Crippen LogP contribution in [0.1, 0.15) is 18.1 Å². The van der Waals surface area contributed by atoms with Crippen LogP contribution in [-0.4, -0.2) is 24.5 Å². The first-order chi connectivity index (χ1) is 11.2. The minimum Gasteiger partial charge on any atom is -0.497 e. The predicted molar refractivity (Wildman–Crippen MR) is 95.9 cm³/mol. The summed E-state index contributed by atoms with van der Waals surface area (Å²) in [6.45, 7) is 1.88. The molecular formula is C18H20N2O2S. The van der Waals surface area contributed by atoms with Crippen LogP contribution >= 0.6 is 11.8 Å². The Morgan fingerprint density at radius 2 is 1.91 bits per heavy atom. The van der Waals surface area contributed by atoms with E-state index >= 15 is 0 Å². The molecule has 0 aliphatic rings. The number of carbonyl (C=O) groups excluding carboxylic acids is 1. The number of thioether (sulfide) groups is 1. The largest absolute Gasteiger partial charge is 0.497 e. The number of nitrogens with one attached hydrogen (secondary N) is 1. The van der Waals surface area contributed by atoms with Gasteiger partial charge in [-0.15, -0.1) is 11.8 Å². The standard InChI is InChI=1S/C18H20N2O2S/c1-14(23-13-16-6-4-3-5-7-16)18(21)20-19-12-15-8-10-17(22-2)11-9-15/h3-12,14H,13H2,1-2H3,(H,20,21). The van der Waals surface area contributed by atoms with E-state index < -0.39 is 0 Å². The smallest absolute Gasteiger partial charge is 0.252 e. The summed E-state index contributed by atoms with van der Waals surface area (Å²) in [6.07, 6.45) is 1.62. The Bertz CT molecular complexity index is 642. The van der Waals surface area contributed by atoms with Crippen molar-refractivity contribution in [3.05, 3.63) is 65.7 Å². The van der Waals surface area contributed by atoms with Gasteiger partial charge in [0, 0.05) is 5.75 Å². The number of methoxy groups -OCH3 is 1. The maximum Gasteiger partial charge on any atom is 0.252 e. The molecule has 0 bridgehead atoms. The third kappa shape index (κ3) is 5.79. The Morgan fingerprint density at radius 1 is 1.22 bits per heavy atom. The van der Waals surface area contributed by atoms with Crippen molar-refractivity contribution in [1.82, 2.24) is 5.43 Å². The lowest BCUT2D eigenvalue weighted by Gasteiger charge is -2.09. The molecule has 1 atom stereocenters. The molecule has 1 N–H and O–H groups in total. The van der Waals surface area contributed by atoms with E-state index in [-0.39, 0.29) is 11.2 Å². The zero-order valence-electron chi connectivity index (χ0n) is 13.2. The van der Waals surface area contributed by atoms with Crippen molar-refractivity contribution in [3.8, 4) is 5.75 Å². The molecule has 0 spiro atoms. The molecule has 0 aliphatic heterocycles. The Kier molecular flexibility index (Phi) is 6.69. The maximum absolute atomic E-state index is 12.0. The zero-order valence-corrected chi connectivity index (χ0v) is 14.0. The fourth-order valence-corrected chi connectivity index (χ4v) is 2.66. The summed E-state index contributed by atoms with van der Waals surface area (Å²) in [4.78, 5) is 12.0. The topological polar surface area (TPSA) is 50.7 Å². The molecule has 23 heavy (non-hydrogen) atoms. The molecule has 0 aliphatic carbocycles. The lowest BCUT2D eigenvalue weighted by Crippen LogP contribution is -2.26. The summed E-state index contributed by atoms with van der Waals surface area (Å²) in [7, 11) is 1.62. The Balaban J connectivity index is 1.77. The van der Waals surface area contributed by atoms with Crippen molar-refractivity contribution < 1.29 is 9.53 Å². The molecule has 5 heteroatoms. The van der Waals surface area contributed by atoms with Gasteiger partial charge in [0.2, 0.25) is 0 Å². The van der Waals surface area contributed by atoms with E-state index in [1.165, 1.54) is 5.56 Å². The van der Waals surface area contributed by atoms with Crippen molar-refractivity contribution in [2.45, 2.75) is 17.9 Å². The Labute approximate surface area is 140 Å². The van der Waals surface area contributed by atoms with Crippen LogP contribution < -0.4 is 10.2 Å². The van der Waals surface area contributed by atoms with Gasteiger partial charge in [0.1, 0.15) is 5.75 Å². The number of carbonyl (C=O) groups is 1. The van der Waals surface area contributed by atoms with Crippen LogP contribution in [0.3, 0.4) is 0 Å². The third-order valence-corrected chi connectivity index (χ3v) is 4.43. The van der Waals surface area contributed by atoms with Gasteiger partial charge in [-0.25, -0.2) is 5.43 Å². The second kappa shape index (κ2) is 9.00. The molecule has 1 unspecified atom stereocenters. The number of benzene rings is 2. The third-order valence-electron chi connectivity index (χ3n) is 3.22. The van der Waals surface area contributed by atoms with Gasteiger partial charge >= 0.3 is 0 Å². The van der Waals surface area contributed by atoms with Gasteiger partial charge in [-0.1, -0.05) is 30.3 Å². The van der Waals surface area contributed by atoms with Crippen molar-refractivity contribution in [3.63, 3.8) is 0 Å². The molecule has 0 radical (unpaired) electrons. The molecule has 4 nitrogen and oxygen atoms in total. The molecule has 0 heterocycles. The van der Waals surface area contributed by atoms with Crippen molar-refractivity contribution in [1.29, 1.82) is 0 Å². The van der Waals surface area contributed by atoms with E-state index in [2.05, 4.69) is 22.7 Å². The molecule has 1 amide bonds. The van der Waals surface area contributed by atoms with Crippen molar-refractivity contribution in [2.24, 2.45) is 5.10 Å². The van der Waals surface area contributed by atoms with Crippen LogP contribution in [-0.2, 0) is 10.5 Å². The second-order valence-electron chi connectivity index (χ2n) is 4.95. The predicted octanol–water partition coefficient (Wildman–Crippen LogP) is 3.47. The van der Waals surface area contributed by atoms with Gasteiger partial charge in [-0.05, 0) is 42.3 Å². The zero-order chi connectivity index (χ0) is 16.5. The molecule has 2 aromatic carbocycles. The summed E-state index contributed by atoms with van der Waals surface area (Å²) in [5.41, 5.74) is 4.68. The highest BCUT2D eigenvalue weighted by atomic mass is 32.2. The first-order valence-electron chi connectivity index (χ1n) is 7.31. The Morgan fingerprint density at radius 3 is 2.57 bits per heavy atom. The highest BCUT2D eigenvalue weighted by molar-refractivity contribution is 7.99. The quantitative estimate of drug-likeness (QED) is 0.625. The van der Waals surface area contributed by atoms with Gasteiger partial charge < -0.3 is 4.74 Å². The molecular weight excluding hydrogens is 308 g/mol. The number of amides is 1. The van der Waals surface area contributed by atoms with Gasteiger partial charge in [0.15, 0.2) is 0 Å². The molecule has 0 aromatic heterocycles. The maximum atomic E-state index is 12.0. The van der Waals surface area contributed by atoms with E-state index in [9.17, 15) is 4.79 Å². The van der Waals surface area contributed by atoms with Crippen LogP contribution in [0, 0.1) is 0 Å². The summed E-state index contributed by atoms with van der Waals surface area (Å²) < 4.78 is 5.09. The van der Waals surface area contributed by atoms with E-state index in [0.717, 1.165) is 17.1 Å². The molecule has 0 saturated carbocycles. The van der Waals surface area contributed by atoms with Crippen LogP contribution in [0.25, 0.3) is 0 Å². The SMILES string of the molecule is COc1ccc(C=NNC(=O)C(C)SCc2ccccc2)cc1. The van der Waals surface area contributed by atoms with E-state index in [0.29, 0.717) is 0 Å². The molecule has 2 aromatic rings. The lowest BCUT2D eigenvalue weighted by atomic mass is 10.2. The molecule has 2 rings (SSSR count). The molecule has 0 fully saturated rings. The van der Waals surface area contributed by atoms with Crippen LogP contribution in [0.15, 0.2) is 59.7 Å². The average molecular weight is 328 g/mol. The average Bonchev–Trinajstić information content (AvgIpc) is 2.61. The first-order valence-corrected chi connectivity index (χ1v) is 8.36. The number of ether oxygens (including phenoxy) is 1. The second-order valence-corrected chi connectivity index (χ2v) is 6.28. The summed E-state index contributed by atoms with van der Waals surface area (Å²) in [6, 6.07) is 17.5. The van der Waals surface area contributed by atoms with E-state index in [1.54, 1.807) is 25.1 Å². The number of nitrogens with zero attached hydrogens (tertiary/aromatic N) is 1. The van der Waals surface area contributed by atoms with Gasteiger partial charge in [-0.2, -0.15) is 5.10 Å². The number of hydrogen-bond donors (Lipinski definition) is 1. The van der Waals surface area contributed by atoms with Crippen LogP contribution in [0.5, 0.6) is 5.75 Å². The molecule has 0 saturated heterocycles. The van der Waals surface area contributed by atoms with Crippen LogP contribution in [0.4, 0.5) is 0 Å². The summed E-state index contributed by atoms with van der Waals surface area (Å²) >= 11 is 1.59. The fraction of sp³-hybridized carbons (Fsp3) is 0.222. The lowest BCUT2D eigenvalue weighted by molar-refractivity contribution is -0.120. The summed E-state index contributed by atoms with van der Waals surface area (Å²) in [5.74, 6) is 1.49. The summed E-state index contributed by atoms with van der Waals surface area (Å²) in [5, 5.41) is 3.83. The normalized spacial score (nSPS) is 12.1. The highest BCUT2D eigenvalue weighted by Gasteiger charge is 2.12. The highest BCUT2D eigenvalue weighted by Crippen LogP contribution is 2.17. The van der Waals surface area contributed by atoms with Gasteiger partial charge in [0.25, 0.3) is 5.91 Å². The minimum absolute atomic E-state index is 0.101. The number of hydrazone groups is 1. The number of hydrogen-bond acceptors (Lipinski definition) is 4. The minimum atomic E-state index is -0.164. The van der Waals surface area contributed by atoms with Crippen molar-refractivity contribution >= 4 is 23.9 Å². The van der Waals surface area contributed by atoms with Gasteiger partial charge in [0.05, 0.1) is 18.6 Å². The fourth-order valence-electron chi connectivity index (χ4n) is 1.82. The number of rotatable bonds is 7. The van der Waals surface area contributed by atoms with Crippen LogP contribution in [0.2, 0.25) is 0 Å². The first kappa shape index (κ1) is 17.1. The monoisotopic (exact) mass is 328 g/mol. The molecule has 120 valence electrons.